The summed E-state index contributed by atoms with van der Waals surface area (Å²) in [6.45, 7) is 0.760. The summed E-state index contributed by atoms with van der Waals surface area (Å²) in [5, 5.41) is 8.43. The van der Waals surface area contributed by atoms with Crippen molar-refractivity contribution in [3.8, 4) is 0 Å². The topological polar surface area (TPSA) is 50.2 Å². The number of halogens is 2. The molecular weight excluding hydrogens is 204 g/mol. The minimum absolute atomic E-state index is 0.105. The van der Waals surface area contributed by atoms with Crippen LogP contribution in [0.3, 0.4) is 0 Å². The Hall–Kier alpha value is -1.52. The van der Waals surface area contributed by atoms with E-state index >= 15 is 0 Å². The normalized spacial score (nSPS) is 11.4. The van der Waals surface area contributed by atoms with E-state index in [4.69, 9.17) is 5.11 Å². The van der Waals surface area contributed by atoms with Gasteiger partial charge in [-0.05, 0) is 12.1 Å². The summed E-state index contributed by atoms with van der Waals surface area (Å²) < 4.78 is 25.7. The number of aryl methyl sites for hydroxylation is 1. The highest BCUT2D eigenvalue weighted by atomic mass is 19.3. The number of alkyl halides is 2. The van der Waals surface area contributed by atoms with E-state index in [1.165, 1.54) is 18.2 Å². The second kappa shape index (κ2) is 4.33. The molecule has 15 heavy (non-hydrogen) atoms. The van der Waals surface area contributed by atoms with Crippen LogP contribution in [0, 0.1) is 0 Å². The smallest absolute Gasteiger partial charge is 0.303 e. The number of hydrogen-bond donors (Lipinski definition) is 1. The predicted molar refractivity (Wildman–Crippen MR) is 49.8 cm³/mol. The van der Waals surface area contributed by atoms with Crippen LogP contribution in [0.1, 0.15) is 24.7 Å². The largest absolute Gasteiger partial charge is 0.481 e. The molecule has 1 N–H and O–H groups in total. The maximum Gasteiger partial charge on any atom is 0.303 e. The monoisotopic (exact) mass is 215 g/mol. The van der Waals surface area contributed by atoms with Crippen LogP contribution >= 0.6 is 0 Å². The number of hydrogen-bond acceptors (Lipinski definition) is 2. The second-order valence-corrected chi connectivity index (χ2v) is 3.30. The predicted octanol–water partition coefficient (Wildman–Crippen LogP) is 2.21. The van der Waals surface area contributed by atoms with Gasteiger partial charge in [0.1, 0.15) is 5.69 Å². The zero-order chi connectivity index (χ0) is 11.5. The molecule has 0 amide bonds. The minimum Gasteiger partial charge on any atom is -0.481 e. The van der Waals surface area contributed by atoms with Crippen molar-refractivity contribution >= 4 is 5.97 Å². The molecule has 82 valence electrons. The van der Waals surface area contributed by atoms with Crippen LogP contribution < -0.4 is 0 Å². The number of nitrogens with zero attached hydrogens (tertiary/aromatic N) is 1. The summed E-state index contributed by atoms with van der Waals surface area (Å²) in [4.78, 5) is 14.0. The van der Waals surface area contributed by atoms with Gasteiger partial charge in [0.05, 0.1) is 6.42 Å². The molecule has 0 aromatic carbocycles. The average molecular weight is 215 g/mol. The van der Waals surface area contributed by atoms with Crippen LogP contribution in [0.5, 0.6) is 0 Å². The molecule has 1 heterocycles. The Kier molecular flexibility index (Phi) is 3.34. The van der Waals surface area contributed by atoms with Crippen LogP contribution in [0.15, 0.2) is 18.2 Å². The zero-order valence-electron chi connectivity index (χ0n) is 8.20. The van der Waals surface area contributed by atoms with Gasteiger partial charge in [0.15, 0.2) is 0 Å². The van der Waals surface area contributed by atoms with Crippen molar-refractivity contribution in [2.24, 2.45) is 0 Å². The molecule has 0 fully saturated rings. The molecule has 0 bridgehead atoms. The molecule has 0 atom stereocenters. The molecule has 0 radical (unpaired) electrons. The number of carboxylic acid groups (broad SMARTS) is 1. The number of aliphatic carboxylic acids is 1. The SMILES string of the molecule is CC(F)(F)c1cccc(CCC(=O)O)n1. The first kappa shape index (κ1) is 11.6. The molecule has 1 rings (SSSR count). The van der Waals surface area contributed by atoms with Gasteiger partial charge < -0.3 is 5.11 Å². The van der Waals surface area contributed by atoms with Crippen LogP contribution in [0.4, 0.5) is 8.78 Å². The van der Waals surface area contributed by atoms with E-state index in [0.29, 0.717) is 5.69 Å². The third kappa shape index (κ3) is 3.61. The fraction of sp³-hybridized carbons (Fsp3) is 0.400. The van der Waals surface area contributed by atoms with Gasteiger partial charge in [0.2, 0.25) is 0 Å². The van der Waals surface area contributed by atoms with Crippen LogP contribution in [0.25, 0.3) is 0 Å². The second-order valence-electron chi connectivity index (χ2n) is 3.30. The van der Waals surface area contributed by atoms with Gasteiger partial charge in [-0.25, -0.2) is 0 Å². The first-order valence-electron chi connectivity index (χ1n) is 4.45. The van der Waals surface area contributed by atoms with Crippen LogP contribution in [-0.4, -0.2) is 16.1 Å². The van der Waals surface area contributed by atoms with E-state index in [9.17, 15) is 13.6 Å². The van der Waals surface area contributed by atoms with Crippen molar-refractivity contribution in [3.63, 3.8) is 0 Å². The molecule has 0 aliphatic heterocycles. The number of aromatic nitrogens is 1. The summed E-state index contributed by atoms with van der Waals surface area (Å²) in [5.41, 5.74) is 0.0433. The molecule has 0 spiro atoms. The van der Waals surface area contributed by atoms with Crippen molar-refractivity contribution in [3.05, 3.63) is 29.6 Å². The van der Waals surface area contributed by atoms with Crippen molar-refractivity contribution < 1.29 is 18.7 Å². The Morgan fingerprint density at radius 1 is 1.53 bits per heavy atom. The van der Waals surface area contributed by atoms with Gasteiger partial charge in [-0.1, -0.05) is 6.07 Å². The first-order valence-corrected chi connectivity index (χ1v) is 4.45. The quantitative estimate of drug-likeness (QED) is 0.837. The Bertz CT molecular complexity index is 361. The fourth-order valence-electron chi connectivity index (χ4n) is 1.10. The number of rotatable bonds is 4. The molecular formula is C10H11F2NO2. The molecule has 0 saturated carbocycles. The van der Waals surface area contributed by atoms with Crippen LogP contribution in [-0.2, 0) is 17.1 Å². The van der Waals surface area contributed by atoms with Gasteiger partial charge in [0, 0.05) is 19.0 Å². The number of pyridine rings is 1. The van der Waals surface area contributed by atoms with E-state index in [0.717, 1.165) is 6.92 Å². The summed E-state index contributed by atoms with van der Waals surface area (Å²) in [6, 6.07) is 4.22. The van der Waals surface area contributed by atoms with Gasteiger partial charge in [0.25, 0.3) is 5.92 Å². The van der Waals surface area contributed by atoms with Crippen molar-refractivity contribution in [2.75, 3.05) is 0 Å². The molecule has 0 aliphatic carbocycles. The summed E-state index contributed by atoms with van der Waals surface area (Å²) in [6.07, 6.45) is 0.0605. The Morgan fingerprint density at radius 3 is 2.73 bits per heavy atom. The van der Waals surface area contributed by atoms with Crippen LogP contribution in [0.2, 0.25) is 0 Å². The molecule has 1 aromatic heterocycles. The van der Waals surface area contributed by atoms with Crippen molar-refractivity contribution in [2.45, 2.75) is 25.7 Å². The zero-order valence-corrected chi connectivity index (χ0v) is 8.20. The summed E-state index contributed by atoms with van der Waals surface area (Å²) in [5.74, 6) is -3.95. The average Bonchev–Trinajstić information content (AvgIpc) is 2.14. The third-order valence-electron chi connectivity index (χ3n) is 1.85. The van der Waals surface area contributed by atoms with Gasteiger partial charge >= 0.3 is 5.97 Å². The Balaban J connectivity index is 2.79. The highest BCUT2D eigenvalue weighted by molar-refractivity contribution is 5.66. The van der Waals surface area contributed by atoms with E-state index in [-0.39, 0.29) is 18.5 Å². The molecule has 5 heteroatoms. The molecule has 0 saturated heterocycles. The number of carbonyl (C=O) groups is 1. The highest BCUT2D eigenvalue weighted by Crippen LogP contribution is 2.24. The Morgan fingerprint density at radius 2 is 2.20 bits per heavy atom. The highest BCUT2D eigenvalue weighted by Gasteiger charge is 2.25. The minimum atomic E-state index is -2.99. The fourth-order valence-corrected chi connectivity index (χ4v) is 1.10. The molecule has 3 nitrogen and oxygen atoms in total. The lowest BCUT2D eigenvalue weighted by molar-refractivity contribution is -0.136. The number of carboxylic acids is 1. The summed E-state index contributed by atoms with van der Waals surface area (Å²) in [7, 11) is 0. The maximum absolute atomic E-state index is 12.9. The van der Waals surface area contributed by atoms with Gasteiger partial charge in [-0.3, -0.25) is 9.78 Å². The van der Waals surface area contributed by atoms with E-state index in [1.54, 1.807) is 0 Å². The Labute approximate surface area is 85.8 Å². The first-order chi connectivity index (χ1) is 6.89. The van der Waals surface area contributed by atoms with E-state index in [2.05, 4.69) is 4.98 Å². The third-order valence-corrected chi connectivity index (χ3v) is 1.85. The summed E-state index contributed by atoms with van der Waals surface area (Å²) >= 11 is 0. The lowest BCUT2D eigenvalue weighted by Crippen LogP contribution is -2.11. The van der Waals surface area contributed by atoms with Gasteiger partial charge in [-0.2, -0.15) is 8.78 Å². The van der Waals surface area contributed by atoms with E-state index in [1.807, 2.05) is 0 Å². The van der Waals surface area contributed by atoms with Crippen molar-refractivity contribution in [1.82, 2.24) is 4.98 Å². The molecule has 0 aliphatic rings. The van der Waals surface area contributed by atoms with E-state index < -0.39 is 11.9 Å². The standard InChI is InChI=1S/C10H11F2NO2/c1-10(11,12)8-4-2-3-7(13-8)5-6-9(14)15/h2-4H,5-6H2,1H3,(H,14,15). The lowest BCUT2D eigenvalue weighted by atomic mass is 10.2. The van der Waals surface area contributed by atoms with Gasteiger partial charge in [-0.15, -0.1) is 0 Å². The molecule has 0 unspecified atom stereocenters. The van der Waals surface area contributed by atoms with Crippen molar-refractivity contribution in [1.29, 1.82) is 0 Å². The lowest BCUT2D eigenvalue weighted by Gasteiger charge is -2.10. The maximum atomic E-state index is 12.9. The molecule has 1 aromatic rings.